The molecular formula is C5H9B. The molecule has 0 aliphatic carbocycles. The Labute approximate surface area is 40.0 Å². The molecule has 0 aliphatic heterocycles. The van der Waals surface area contributed by atoms with E-state index in [1.165, 1.54) is 0 Å². The van der Waals surface area contributed by atoms with Gasteiger partial charge in [0.25, 0.3) is 0 Å². The van der Waals surface area contributed by atoms with Gasteiger partial charge in [-0.1, -0.05) is 13.6 Å². The zero-order valence-corrected chi connectivity index (χ0v) is 4.58. The summed E-state index contributed by atoms with van der Waals surface area (Å²) in [6, 6.07) is 0. The van der Waals surface area contributed by atoms with Crippen molar-refractivity contribution in [2.75, 3.05) is 0 Å². The van der Waals surface area contributed by atoms with Gasteiger partial charge in [0.1, 0.15) is 0 Å². The smallest absolute Gasteiger partial charge is 0.156 e. The Balaban J connectivity index is 3.20. The largest absolute Gasteiger partial charge is 0.225 e. The first-order valence-electron chi connectivity index (χ1n) is 2.19. The van der Waals surface area contributed by atoms with Crippen LogP contribution in [-0.4, -0.2) is 6.71 Å². The van der Waals surface area contributed by atoms with Crippen molar-refractivity contribution in [3.8, 4) is 11.7 Å². The van der Waals surface area contributed by atoms with Crippen molar-refractivity contribution >= 4 is 6.71 Å². The first-order chi connectivity index (χ1) is 2.77. The van der Waals surface area contributed by atoms with Crippen molar-refractivity contribution in [3.63, 3.8) is 0 Å². The third-order valence-corrected chi connectivity index (χ3v) is 0.433. The third-order valence-electron chi connectivity index (χ3n) is 0.433. The highest BCUT2D eigenvalue weighted by Crippen LogP contribution is 1.70. The quantitative estimate of drug-likeness (QED) is 0.304. The summed E-state index contributed by atoms with van der Waals surface area (Å²) in [4.78, 5) is 0. The van der Waals surface area contributed by atoms with Gasteiger partial charge in [-0.25, -0.2) is 0 Å². The maximum atomic E-state index is 2.96. The lowest BCUT2D eigenvalue weighted by Gasteiger charge is -1.75. The molecule has 0 unspecified atom stereocenters. The summed E-state index contributed by atoms with van der Waals surface area (Å²) in [6.45, 7) is 6.56. The molecule has 0 aromatic carbocycles. The van der Waals surface area contributed by atoms with E-state index >= 15 is 0 Å². The molecule has 0 amide bonds. The van der Waals surface area contributed by atoms with E-state index in [9.17, 15) is 0 Å². The molecule has 0 aromatic heterocycles. The van der Waals surface area contributed by atoms with E-state index in [0.29, 0.717) is 6.71 Å². The molecule has 0 atom stereocenters. The summed E-state index contributed by atoms with van der Waals surface area (Å²) >= 11 is 0. The Hall–Kier alpha value is -0.375. The van der Waals surface area contributed by atoms with Crippen molar-refractivity contribution in [2.45, 2.75) is 20.6 Å². The number of hydrogen-bond acceptors (Lipinski definition) is 0. The van der Waals surface area contributed by atoms with Gasteiger partial charge < -0.3 is 0 Å². The predicted octanol–water partition coefficient (Wildman–Crippen LogP) is 1.30. The van der Waals surface area contributed by atoms with Crippen molar-refractivity contribution in [3.05, 3.63) is 0 Å². The van der Waals surface area contributed by atoms with Crippen LogP contribution in [0.3, 0.4) is 0 Å². The second-order valence-corrected chi connectivity index (χ2v) is 1.55. The molecule has 32 valence electrons. The number of rotatable bonds is 0. The summed E-state index contributed by atoms with van der Waals surface area (Å²) in [5.74, 6) is 5.78. The van der Waals surface area contributed by atoms with E-state index < -0.39 is 0 Å². The van der Waals surface area contributed by atoms with E-state index in [4.69, 9.17) is 0 Å². The highest BCUT2D eigenvalue weighted by Gasteiger charge is 1.84. The molecule has 6 heavy (non-hydrogen) atoms. The summed E-state index contributed by atoms with van der Waals surface area (Å²) in [5, 5.41) is 0. The van der Waals surface area contributed by atoms with Gasteiger partial charge in [0.05, 0.1) is 0 Å². The van der Waals surface area contributed by atoms with Crippen LogP contribution in [0.2, 0.25) is 13.6 Å². The highest BCUT2D eigenvalue weighted by atomic mass is 13.4. The lowest BCUT2D eigenvalue weighted by atomic mass is 9.56. The zero-order valence-electron chi connectivity index (χ0n) is 4.58. The molecule has 0 saturated carbocycles. The topological polar surface area (TPSA) is 0 Å². The fourth-order valence-corrected chi connectivity index (χ4v) is 0.289. The van der Waals surface area contributed by atoms with Gasteiger partial charge in [-0.05, 0) is 6.92 Å². The van der Waals surface area contributed by atoms with Crippen LogP contribution in [0.5, 0.6) is 0 Å². The fraction of sp³-hybridized carbons (Fsp3) is 0.600. The Morgan fingerprint density at radius 1 is 1.33 bits per heavy atom. The Kier molecular flexibility index (Phi) is 2.66. The van der Waals surface area contributed by atoms with Gasteiger partial charge in [-0.3, -0.25) is 0 Å². The Morgan fingerprint density at radius 3 is 1.83 bits per heavy atom. The normalized spacial score (nSPS) is 5.83. The minimum absolute atomic E-state index is 0.537. The monoisotopic (exact) mass is 80.1 g/mol. The van der Waals surface area contributed by atoms with E-state index in [-0.39, 0.29) is 0 Å². The zero-order chi connectivity index (χ0) is 4.99. The minimum atomic E-state index is 0.537. The van der Waals surface area contributed by atoms with Gasteiger partial charge in [-0.15, -0.1) is 5.92 Å². The average Bonchev–Trinajstić information content (AvgIpc) is 1.35. The SMILES string of the molecule is CC#CB(C)C. The molecule has 0 nitrogen and oxygen atoms in total. The molecule has 0 rings (SSSR count). The fourth-order valence-electron chi connectivity index (χ4n) is 0.289. The molecule has 1 heteroatoms. The first-order valence-corrected chi connectivity index (χ1v) is 2.19. The third kappa shape index (κ3) is 3.62. The summed E-state index contributed by atoms with van der Waals surface area (Å²) < 4.78 is 0. The van der Waals surface area contributed by atoms with E-state index in [2.05, 4.69) is 25.4 Å². The summed E-state index contributed by atoms with van der Waals surface area (Å²) in [7, 11) is 0. The van der Waals surface area contributed by atoms with Crippen molar-refractivity contribution in [1.82, 2.24) is 0 Å². The van der Waals surface area contributed by atoms with E-state index in [1.807, 2.05) is 6.92 Å². The average molecular weight is 79.9 g/mol. The van der Waals surface area contributed by atoms with Gasteiger partial charge >= 0.3 is 0 Å². The molecule has 0 spiro atoms. The molecule has 0 aliphatic rings. The molecule has 0 aromatic rings. The molecule has 0 bridgehead atoms. The molecule has 0 fully saturated rings. The Bertz CT molecular complexity index is 73.7. The maximum absolute atomic E-state index is 2.96. The lowest BCUT2D eigenvalue weighted by molar-refractivity contribution is 1.91. The van der Waals surface area contributed by atoms with Gasteiger partial charge in [0.15, 0.2) is 0 Å². The predicted molar refractivity (Wildman–Crippen MR) is 30.9 cm³/mol. The molecule has 0 heterocycles. The minimum Gasteiger partial charge on any atom is -0.156 e. The number of hydrogen-bond donors (Lipinski definition) is 0. The second kappa shape index (κ2) is 2.84. The first kappa shape index (κ1) is 5.62. The maximum Gasteiger partial charge on any atom is 0.225 e. The summed E-state index contributed by atoms with van der Waals surface area (Å²) in [6.07, 6.45) is 0. The van der Waals surface area contributed by atoms with Crippen LogP contribution >= 0.6 is 0 Å². The molecule has 0 saturated heterocycles. The Morgan fingerprint density at radius 2 is 1.83 bits per heavy atom. The van der Waals surface area contributed by atoms with Crippen LogP contribution in [0.25, 0.3) is 0 Å². The van der Waals surface area contributed by atoms with E-state index in [0.717, 1.165) is 0 Å². The standard InChI is InChI=1S/C5H9B/c1-4-5-6(2)3/h1-3H3. The van der Waals surface area contributed by atoms with Crippen LogP contribution in [0.1, 0.15) is 6.92 Å². The second-order valence-electron chi connectivity index (χ2n) is 1.55. The highest BCUT2D eigenvalue weighted by molar-refractivity contribution is 6.64. The van der Waals surface area contributed by atoms with Crippen molar-refractivity contribution in [2.24, 2.45) is 0 Å². The van der Waals surface area contributed by atoms with Gasteiger partial charge in [0.2, 0.25) is 6.71 Å². The lowest BCUT2D eigenvalue weighted by Crippen LogP contribution is -1.91. The van der Waals surface area contributed by atoms with Crippen LogP contribution in [0.4, 0.5) is 0 Å². The van der Waals surface area contributed by atoms with Gasteiger partial charge in [0, 0.05) is 0 Å². The van der Waals surface area contributed by atoms with Crippen LogP contribution in [0.15, 0.2) is 0 Å². The van der Waals surface area contributed by atoms with E-state index in [1.54, 1.807) is 0 Å². The van der Waals surface area contributed by atoms with Gasteiger partial charge in [-0.2, -0.15) is 5.82 Å². The molecular weight excluding hydrogens is 70.9 g/mol. The molecule has 0 radical (unpaired) electrons. The van der Waals surface area contributed by atoms with Crippen LogP contribution in [0, 0.1) is 11.7 Å². The van der Waals surface area contributed by atoms with Crippen molar-refractivity contribution in [1.29, 1.82) is 0 Å². The van der Waals surface area contributed by atoms with Crippen LogP contribution in [-0.2, 0) is 0 Å². The van der Waals surface area contributed by atoms with Crippen molar-refractivity contribution < 1.29 is 0 Å². The molecule has 0 N–H and O–H groups in total. The van der Waals surface area contributed by atoms with Crippen LogP contribution < -0.4 is 0 Å². The summed E-state index contributed by atoms with van der Waals surface area (Å²) in [5.41, 5.74) is 0.